The Labute approximate surface area is 215 Å². The molecule has 0 radical (unpaired) electrons. The first kappa shape index (κ1) is 29.2. The van der Waals surface area contributed by atoms with E-state index in [1.54, 1.807) is 36.1 Å². The van der Waals surface area contributed by atoms with Gasteiger partial charge in [0.2, 0.25) is 21.8 Å². The lowest BCUT2D eigenvalue weighted by molar-refractivity contribution is -0.139. The van der Waals surface area contributed by atoms with Crippen molar-refractivity contribution in [2.75, 3.05) is 37.3 Å². The number of ether oxygens (including phenoxy) is 1. The fourth-order valence-electron chi connectivity index (χ4n) is 3.88. The fraction of sp³-hybridized carbons (Fsp3) is 0.481. The van der Waals surface area contributed by atoms with Crippen LogP contribution in [-0.2, 0) is 26.0 Å². The summed E-state index contributed by atoms with van der Waals surface area (Å²) in [6.07, 6.45) is 4.05. The Morgan fingerprint density at radius 1 is 1.03 bits per heavy atom. The predicted molar refractivity (Wildman–Crippen MR) is 144 cm³/mol. The van der Waals surface area contributed by atoms with Crippen LogP contribution in [-0.4, -0.2) is 64.2 Å². The maximum atomic E-state index is 13.3. The van der Waals surface area contributed by atoms with Crippen molar-refractivity contribution >= 4 is 27.5 Å². The zero-order valence-corrected chi connectivity index (χ0v) is 22.6. The van der Waals surface area contributed by atoms with Gasteiger partial charge >= 0.3 is 0 Å². The molecule has 1 N–H and O–H groups in total. The van der Waals surface area contributed by atoms with E-state index in [2.05, 4.69) is 12.2 Å². The van der Waals surface area contributed by atoms with Crippen LogP contribution >= 0.6 is 0 Å². The summed E-state index contributed by atoms with van der Waals surface area (Å²) in [5, 5.41) is 2.91. The van der Waals surface area contributed by atoms with Crippen LogP contribution in [0.3, 0.4) is 0 Å². The minimum absolute atomic E-state index is 0.122. The number of rotatable bonds is 15. The van der Waals surface area contributed by atoms with Crippen LogP contribution in [0.1, 0.15) is 45.1 Å². The van der Waals surface area contributed by atoms with E-state index in [4.69, 9.17) is 4.74 Å². The molecule has 9 heteroatoms. The van der Waals surface area contributed by atoms with E-state index in [0.717, 1.165) is 24.7 Å². The van der Waals surface area contributed by atoms with Gasteiger partial charge in [0.05, 0.1) is 19.1 Å². The summed E-state index contributed by atoms with van der Waals surface area (Å²) in [5.74, 6) is 0.189. The Morgan fingerprint density at radius 3 is 2.39 bits per heavy atom. The molecule has 0 spiro atoms. The molecule has 2 rings (SSSR count). The van der Waals surface area contributed by atoms with Gasteiger partial charge in [0.15, 0.2) is 0 Å². The number of methoxy groups -OCH3 is 1. The maximum absolute atomic E-state index is 13.3. The van der Waals surface area contributed by atoms with E-state index in [9.17, 15) is 18.0 Å². The molecule has 0 saturated carbocycles. The summed E-state index contributed by atoms with van der Waals surface area (Å²) in [4.78, 5) is 27.6. The Bertz CT molecular complexity index is 1080. The molecule has 2 amide bonds. The molecule has 2 aromatic carbocycles. The van der Waals surface area contributed by atoms with Crippen LogP contribution < -0.4 is 14.4 Å². The normalized spacial score (nSPS) is 12.0. The molecule has 0 saturated heterocycles. The highest BCUT2D eigenvalue weighted by molar-refractivity contribution is 7.92. The minimum atomic E-state index is -3.56. The van der Waals surface area contributed by atoms with Gasteiger partial charge in [-0.1, -0.05) is 49.7 Å². The van der Waals surface area contributed by atoms with Gasteiger partial charge in [-0.25, -0.2) is 8.42 Å². The molecular formula is C27H39N3O5S. The van der Waals surface area contributed by atoms with Crippen molar-refractivity contribution in [3.05, 3.63) is 60.2 Å². The highest BCUT2D eigenvalue weighted by atomic mass is 32.2. The van der Waals surface area contributed by atoms with Crippen LogP contribution in [0.4, 0.5) is 5.69 Å². The number of unbranched alkanes of at least 4 members (excludes halogenated alkanes) is 1. The Kier molecular flexibility index (Phi) is 11.7. The topological polar surface area (TPSA) is 96.0 Å². The van der Waals surface area contributed by atoms with Crippen molar-refractivity contribution in [2.45, 2.75) is 52.0 Å². The standard InChI is InChI=1S/C27H39N3O5S/c1-5-6-18-28-27(32)22(2)29(20-17-23-12-8-7-9-13-23)26(31)16-11-19-30(36(4,33)34)24-14-10-15-25(21-24)35-3/h7-10,12-15,21-22H,5-6,11,16-20H2,1-4H3,(H,28,32). The van der Waals surface area contributed by atoms with E-state index in [-0.39, 0.29) is 24.8 Å². The number of benzene rings is 2. The molecule has 0 aliphatic carbocycles. The van der Waals surface area contributed by atoms with Crippen LogP contribution in [0.25, 0.3) is 0 Å². The third-order valence-electron chi connectivity index (χ3n) is 5.97. The summed E-state index contributed by atoms with van der Waals surface area (Å²) in [5.41, 5.74) is 1.56. The highest BCUT2D eigenvalue weighted by Crippen LogP contribution is 2.23. The van der Waals surface area contributed by atoms with Crippen molar-refractivity contribution in [2.24, 2.45) is 0 Å². The smallest absolute Gasteiger partial charge is 0.242 e. The summed E-state index contributed by atoms with van der Waals surface area (Å²) in [7, 11) is -2.04. The summed E-state index contributed by atoms with van der Waals surface area (Å²) in [6.45, 7) is 4.91. The minimum Gasteiger partial charge on any atom is -0.497 e. The molecular weight excluding hydrogens is 478 g/mol. The van der Waals surface area contributed by atoms with Crippen LogP contribution in [0.15, 0.2) is 54.6 Å². The van der Waals surface area contributed by atoms with Gasteiger partial charge in [-0.2, -0.15) is 0 Å². The lowest BCUT2D eigenvalue weighted by Crippen LogP contribution is -2.49. The molecule has 36 heavy (non-hydrogen) atoms. The third kappa shape index (κ3) is 9.18. The van der Waals surface area contributed by atoms with E-state index in [1.807, 2.05) is 30.3 Å². The predicted octanol–water partition coefficient (Wildman–Crippen LogP) is 3.62. The second kappa shape index (κ2) is 14.5. The molecule has 0 aliphatic heterocycles. The molecule has 0 heterocycles. The lowest BCUT2D eigenvalue weighted by atomic mass is 10.1. The molecule has 0 bridgehead atoms. The number of anilines is 1. The van der Waals surface area contributed by atoms with Gasteiger partial charge < -0.3 is 15.0 Å². The number of carbonyl (C=O) groups excluding carboxylic acids is 2. The largest absolute Gasteiger partial charge is 0.497 e. The average Bonchev–Trinajstić information content (AvgIpc) is 2.86. The zero-order valence-electron chi connectivity index (χ0n) is 21.8. The number of amides is 2. The van der Waals surface area contributed by atoms with Crippen LogP contribution in [0.2, 0.25) is 0 Å². The first-order valence-electron chi connectivity index (χ1n) is 12.4. The summed E-state index contributed by atoms with van der Waals surface area (Å²) < 4.78 is 31.4. The van der Waals surface area contributed by atoms with Crippen LogP contribution in [0, 0.1) is 0 Å². The Morgan fingerprint density at radius 2 is 1.75 bits per heavy atom. The monoisotopic (exact) mass is 517 g/mol. The Balaban J connectivity index is 2.09. The number of nitrogens with one attached hydrogen (secondary N) is 1. The molecule has 1 unspecified atom stereocenters. The maximum Gasteiger partial charge on any atom is 0.242 e. The second-order valence-electron chi connectivity index (χ2n) is 8.78. The van der Waals surface area contributed by atoms with E-state index in [0.29, 0.717) is 37.4 Å². The number of sulfonamides is 1. The summed E-state index contributed by atoms with van der Waals surface area (Å²) >= 11 is 0. The van der Waals surface area contributed by atoms with Gasteiger partial charge in [0.1, 0.15) is 11.8 Å². The van der Waals surface area contributed by atoms with Crippen molar-refractivity contribution < 1.29 is 22.7 Å². The molecule has 8 nitrogen and oxygen atoms in total. The SMILES string of the molecule is CCCCNC(=O)C(C)N(CCc1ccccc1)C(=O)CCCN(c1cccc(OC)c1)S(C)(=O)=O. The van der Waals surface area contributed by atoms with Gasteiger partial charge in [-0.05, 0) is 43.9 Å². The second-order valence-corrected chi connectivity index (χ2v) is 10.7. The zero-order chi connectivity index (χ0) is 26.6. The molecule has 0 fully saturated rings. The van der Waals surface area contributed by atoms with Crippen molar-refractivity contribution in [1.29, 1.82) is 0 Å². The molecule has 198 valence electrons. The van der Waals surface area contributed by atoms with E-state index in [1.165, 1.54) is 11.4 Å². The first-order valence-corrected chi connectivity index (χ1v) is 14.2. The molecule has 0 aliphatic rings. The number of hydrogen-bond donors (Lipinski definition) is 1. The highest BCUT2D eigenvalue weighted by Gasteiger charge is 2.26. The van der Waals surface area contributed by atoms with Crippen molar-refractivity contribution in [3.63, 3.8) is 0 Å². The van der Waals surface area contributed by atoms with E-state index < -0.39 is 16.1 Å². The fourth-order valence-corrected chi connectivity index (χ4v) is 4.83. The average molecular weight is 518 g/mol. The van der Waals surface area contributed by atoms with E-state index >= 15 is 0 Å². The molecule has 0 aromatic heterocycles. The molecule has 1 atom stereocenters. The van der Waals surface area contributed by atoms with Gasteiger partial charge in [0.25, 0.3) is 0 Å². The van der Waals surface area contributed by atoms with Gasteiger partial charge in [-0.3, -0.25) is 13.9 Å². The van der Waals surface area contributed by atoms with Gasteiger partial charge in [0, 0.05) is 32.1 Å². The summed E-state index contributed by atoms with van der Waals surface area (Å²) in [6, 6.07) is 16.0. The lowest BCUT2D eigenvalue weighted by Gasteiger charge is -2.29. The number of nitrogens with zero attached hydrogens (tertiary/aromatic N) is 2. The van der Waals surface area contributed by atoms with Crippen LogP contribution in [0.5, 0.6) is 5.75 Å². The Hall–Kier alpha value is -3.07. The van der Waals surface area contributed by atoms with Gasteiger partial charge in [-0.15, -0.1) is 0 Å². The molecule has 2 aromatic rings. The number of carbonyl (C=O) groups is 2. The van der Waals surface area contributed by atoms with Crippen molar-refractivity contribution in [1.82, 2.24) is 10.2 Å². The number of hydrogen-bond acceptors (Lipinski definition) is 5. The quantitative estimate of drug-likeness (QED) is 0.364. The van der Waals surface area contributed by atoms with Crippen molar-refractivity contribution in [3.8, 4) is 5.75 Å². The third-order valence-corrected chi connectivity index (χ3v) is 7.17. The first-order chi connectivity index (χ1) is 17.2.